The molecule has 3 fully saturated rings. The highest BCUT2D eigenvalue weighted by atomic mass is 32.3. The van der Waals surface area contributed by atoms with Gasteiger partial charge in [-0.25, -0.2) is 15.3 Å². The third-order valence-corrected chi connectivity index (χ3v) is 5.83. The molecule has 0 aromatic carbocycles. The van der Waals surface area contributed by atoms with Crippen LogP contribution < -0.4 is 10.8 Å². The van der Waals surface area contributed by atoms with Crippen LogP contribution in [0.5, 0.6) is 0 Å². The summed E-state index contributed by atoms with van der Waals surface area (Å²) in [6, 6.07) is -2.07. The predicted octanol–water partition coefficient (Wildman–Crippen LogP) is -1.69. The number of amides is 3. The van der Waals surface area contributed by atoms with Gasteiger partial charge in [-0.15, -0.1) is 4.28 Å². The van der Waals surface area contributed by atoms with E-state index in [0.717, 1.165) is 19.5 Å². The summed E-state index contributed by atoms with van der Waals surface area (Å²) in [6.07, 6.45) is 4.68. The Morgan fingerprint density at radius 3 is 2.97 bits per heavy atom. The predicted molar refractivity (Wildman–Crippen MR) is 97.4 cm³/mol. The topological polar surface area (TPSA) is 168 Å². The Kier molecular flexibility index (Phi) is 5.88. The van der Waals surface area contributed by atoms with Crippen molar-refractivity contribution in [2.45, 2.75) is 43.9 Å². The highest BCUT2D eigenvalue weighted by Gasteiger charge is 2.49. The maximum Gasteiger partial charge on any atom is 0.418 e. The molecule has 1 aromatic heterocycles. The molecule has 166 valence electrons. The van der Waals surface area contributed by atoms with Crippen molar-refractivity contribution in [1.82, 2.24) is 35.5 Å². The van der Waals surface area contributed by atoms with E-state index in [-0.39, 0.29) is 19.2 Å². The number of aromatic nitrogens is 3. The lowest BCUT2D eigenvalue weighted by atomic mass is 10.0. The van der Waals surface area contributed by atoms with Crippen LogP contribution in [0.3, 0.4) is 0 Å². The summed E-state index contributed by atoms with van der Waals surface area (Å²) < 4.78 is 36.8. The van der Waals surface area contributed by atoms with Gasteiger partial charge in [0.2, 0.25) is 0 Å². The Morgan fingerprint density at radius 2 is 2.23 bits per heavy atom. The van der Waals surface area contributed by atoms with E-state index in [1.165, 1.54) is 11.2 Å². The molecule has 1 aromatic rings. The molecular formula is C15H23N7O7S. The normalized spacial score (nSPS) is 28.9. The van der Waals surface area contributed by atoms with Gasteiger partial charge in [-0.2, -0.15) is 18.6 Å². The van der Waals surface area contributed by atoms with E-state index >= 15 is 0 Å². The largest absolute Gasteiger partial charge is 0.418 e. The first-order valence-electron chi connectivity index (χ1n) is 9.54. The first-order valence-corrected chi connectivity index (χ1v) is 10.9. The maximum absolute atomic E-state index is 12.5. The number of rotatable bonds is 8. The first-order chi connectivity index (χ1) is 14.3. The fourth-order valence-corrected chi connectivity index (χ4v) is 4.53. The Hall–Kier alpha value is -2.33. The lowest BCUT2D eigenvalue weighted by molar-refractivity contribution is -0.139. The summed E-state index contributed by atoms with van der Waals surface area (Å²) in [6.45, 7) is 1.94. The number of carbonyl (C=O) groups is 2. The van der Waals surface area contributed by atoms with E-state index in [4.69, 9.17) is 9.39 Å². The minimum absolute atomic E-state index is 0.0710. The molecule has 4 heterocycles. The quantitative estimate of drug-likeness (QED) is 0.310. The van der Waals surface area contributed by atoms with Crippen molar-refractivity contribution < 1.29 is 31.7 Å². The molecule has 15 heteroatoms. The summed E-state index contributed by atoms with van der Waals surface area (Å²) in [5.41, 5.74) is 2.38. The molecule has 2 bridgehead atoms. The molecule has 14 nitrogen and oxygen atoms in total. The molecule has 3 aliphatic heterocycles. The van der Waals surface area contributed by atoms with E-state index < -0.39 is 34.4 Å². The smallest absolute Gasteiger partial charge is 0.311 e. The second-order valence-electron chi connectivity index (χ2n) is 7.61. The average Bonchev–Trinajstić information content (AvgIpc) is 3.40. The van der Waals surface area contributed by atoms with Gasteiger partial charge in [0, 0.05) is 25.7 Å². The number of fused-ring (bicyclic) bond motifs is 2. The van der Waals surface area contributed by atoms with Crippen molar-refractivity contribution in [1.29, 1.82) is 0 Å². The van der Waals surface area contributed by atoms with E-state index in [2.05, 4.69) is 25.2 Å². The zero-order valence-corrected chi connectivity index (χ0v) is 16.8. The second kappa shape index (κ2) is 8.43. The van der Waals surface area contributed by atoms with Crippen molar-refractivity contribution in [2.24, 2.45) is 5.92 Å². The molecule has 3 saturated heterocycles. The number of piperidine rings is 1. The fraction of sp³-hybridized carbons (Fsp3) is 0.733. The molecule has 3 amide bonds. The van der Waals surface area contributed by atoms with E-state index in [1.807, 2.05) is 0 Å². The van der Waals surface area contributed by atoms with E-state index in [1.54, 1.807) is 11.0 Å². The van der Waals surface area contributed by atoms with E-state index in [9.17, 15) is 18.0 Å². The maximum atomic E-state index is 12.5. The number of nitrogens with one attached hydrogen (secondary N) is 2. The number of carbonyl (C=O) groups excluding carboxylic acids is 2. The van der Waals surface area contributed by atoms with Gasteiger partial charge < -0.3 is 10.2 Å². The Labute approximate surface area is 172 Å². The number of hydrogen-bond acceptors (Lipinski definition) is 9. The second-order valence-corrected chi connectivity index (χ2v) is 8.62. The fourth-order valence-electron chi connectivity index (χ4n) is 4.15. The van der Waals surface area contributed by atoms with Crippen LogP contribution in [-0.4, -0.2) is 87.5 Å². The van der Waals surface area contributed by atoms with Gasteiger partial charge in [-0.05, 0) is 25.2 Å². The molecule has 30 heavy (non-hydrogen) atoms. The van der Waals surface area contributed by atoms with Crippen LogP contribution in [0.1, 0.15) is 19.3 Å². The summed E-state index contributed by atoms with van der Waals surface area (Å²) in [7, 11) is -4.82. The number of hydroxylamine groups is 3. The number of urea groups is 1. The summed E-state index contributed by atoms with van der Waals surface area (Å²) in [5, 5.41) is 8.02. The minimum atomic E-state index is -4.82. The molecule has 0 radical (unpaired) electrons. The number of hydrogen-bond donors (Lipinski definition) is 3. The van der Waals surface area contributed by atoms with Gasteiger partial charge in [0.15, 0.2) is 0 Å². The molecule has 3 aliphatic rings. The lowest BCUT2D eigenvalue weighted by Gasteiger charge is -2.29. The van der Waals surface area contributed by atoms with E-state index in [0.29, 0.717) is 23.8 Å². The van der Waals surface area contributed by atoms with Crippen molar-refractivity contribution in [3.05, 3.63) is 12.7 Å². The Balaban J connectivity index is 1.22. The number of nitrogens with zero attached hydrogens (tertiary/aromatic N) is 5. The van der Waals surface area contributed by atoms with Crippen molar-refractivity contribution in [2.75, 3.05) is 19.7 Å². The van der Waals surface area contributed by atoms with Crippen LogP contribution in [0.15, 0.2) is 12.7 Å². The van der Waals surface area contributed by atoms with Gasteiger partial charge in [0.1, 0.15) is 18.7 Å². The monoisotopic (exact) mass is 445 g/mol. The molecule has 4 atom stereocenters. The van der Waals surface area contributed by atoms with Crippen LogP contribution in [0.4, 0.5) is 4.79 Å². The molecule has 0 aliphatic carbocycles. The first kappa shape index (κ1) is 20.9. The zero-order valence-electron chi connectivity index (χ0n) is 16.0. The zero-order chi connectivity index (χ0) is 21.3. The van der Waals surface area contributed by atoms with Crippen LogP contribution in [0.25, 0.3) is 0 Å². The van der Waals surface area contributed by atoms with Crippen LogP contribution in [0.2, 0.25) is 0 Å². The highest BCUT2D eigenvalue weighted by Crippen LogP contribution is 2.30. The van der Waals surface area contributed by atoms with Crippen LogP contribution >= 0.6 is 0 Å². The molecular weight excluding hydrogens is 422 g/mol. The Morgan fingerprint density at radius 1 is 1.40 bits per heavy atom. The van der Waals surface area contributed by atoms with Crippen molar-refractivity contribution in [3.63, 3.8) is 0 Å². The van der Waals surface area contributed by atoms with Crippen LogP contribution in [-0.2, 0) is 30.9 Å². The molecule has 0 unspecified atom stereocenters. The van der Waals surface area contributed by atoms with Gasteiger partial charge in [0.25, 0.3) is 5.91 Å². The Bertz CT molecular complexity index is 880. The van der Waals surface area contributed by atoms with Crippen LogP contribution in [0, 0.1) is 5.92 Å². The summed E-state index contributed by atoms with van der Waals surface area (Å²) in [4.78, 5) is 35.3. The third kappa shape index (κ3) is 4.70. The SMILES string of the molecule is O=C(NOC[C@H]1C[C@@H](Cn2cncn2)CN1)[C@@H]1CC[C@@H]2CN1C(=O)N2OS(=O)(=O)O. The third-order valence-electron chi connectivity index (χ3n) is 5.48. The lowest BCUT2D eigenvalue weighted by Crippen LogP contribution is -2.50. The molecule has 0 saturated carbocycles. The highest BCUT2D eigenvalue weighted by molar-refractivity contribution is 7.80. The van der Waals surface area contributed by atoms with Crippen molar-refractivity contribution in [3.8, 4) is 0 Å². The molecule has 3 N–H and O–H groups in total. The van der Waals surface area contributed by atoms with Gasteiger partial charge in [0.05, 0.1) is 12.6 Å². The van der Waals surface area contributed by atoms with Gasteiger partial charge in [-0.1, -0.05) is 0 Å². The van der Waals surface area contributed by atoms with Gasteiger partial charge in [-0.3, -0.25) is 18.9 Å². The molecule has 4 rings (SSSR count). The summed E-state index contributed by atoms with van der Waals surface area (Å²) >= 11 is 0. The average molecular weight is 445 g/mol. The standard InChI is InChI=1S/C15H23N7O7S/c23-14(13-2-1-12-6-21(13)15(24)22(12)29-30(25,26)27)19-28-7-11-3-10(4-17-11)5-20-9-16-8-18-20/h8-13,17H,1-7H2,(H,19,23)(H,25,26,27)/t10-,11-,12-,13+/m1/s1. The van der Waals surface area contributed by atoms with Crippen molar-refractivity contribution >= 4 is 22.3 Å². The summed E-state index contributed by atoms with van der Waals surface area (Å²) in [5.74, 6) is -0.116. The van der Waals surface area contributed by atoms with Gasteiger partial charge >= 0.3 is 16.4 Å². The minimum Gasteiger partial charge on any atom is -0.311 e. The molecule has 0 spiro atoms.